The van der Waals surface area contributed by atoms with Gasteiger partial charge in [0, 0.05) is 0 Å². The SMILES string of the molecule is C=C.NC(=O)NC(=O)O. The van der Waals surface area contributed by atoms with Crippen LogP contribution in [0.4, 0.5) is 9.59 Å². The number of carbonyl (C=O) groups excluding carboxylic acids is 1. The van der Waals surface area contributed by atoms with E-state index in [9.17, 15) is 9.59 Å². The number of carbonyl (C=O) groups is 2. The highest BCUT2D eigenvalue weighted by Crippen LogP contribution is 1.55. The summed E-state index contributed by atoms with van der Waals surface area (Å²) in [5, 5.41) is 9.03. The van der Waals surface area contributed by atoms with E-state index in [0.717, 1.165) is 0 Å². The zero-order valence-electron chi connectivity index (χ0n) is 4.76. The Hall–Kier alpha value is -1.52. The van der Waals surface area contributed by atoms with Crippen LogP contribution in [0.15, 0.2) is 13.2 Å². The van der Waals surface area contributed by atoms with Crippen LogP contribution >= 0.6 is 0 Å². The lowest BCUT2D eigenvalue weighted by Gasteiger charge is -1.86. The highest BCUT2D eigenvalue weighted by Gasteiger charge is 1.94. The Kier molecular flexibility index (Phi) is 7.53. The van der Waals surface area contributed by atoms with Gasteiger partial charge in [-0.25, -0.2) is 14.9 Å². The van der Waals surface area contributed by atoms with Gasteiger partial charge < -0.3 is 10.8 Å². The number of nitrogens with one attached hydrogen (secondary N) is 1. The van der Waals surface area contributed by atoms with Gasteiger partial charge in [-0.3, -0.25) is 0 Å². The first-order valence-corrected chi connectivity index (χ1v) is 1.92. The third-order valence-corrected chi connectivity index (χ3v) is 0.230. The van der Waals surface area contributed by atoms with Crippen molar-refractivity contribution in [3.8, 4) is 0 Å². The van der Waals surface area contributed by atoms with Crippen molar-refractivity contribution < 1.29 is 14.7 Å². The van der Waals surface area contributed by atoms with Crippen molar-refractivity contribution in [3.05, 3.63) is 13.2 Å². The summed E-state index contributed by atoms with van der Waals surface area (Å²) in [7, 11) is 0. The number of hydrogen-bond acceptors (Lipinski definition) is 2. The van der Waals surface area contributed by atoms with Crippen LogP contribution in [0, 0.1) is 0 Å². The van der Waals surface area contributed by atoms with Crippen molar-refractivity contribution in [1.29, 1.82) is 0 Å². The van der Waals surface area contributed by atoms with Gasteiger partial charge in [-0.15, -0.1) is 13.2 Å². The average molecular weight is 132 g/mol. The number of hydrogen-bond donors (Lipinski definition) is 3. The first-order chi connectivity index (χ1) is 4.13. The lowest BCUT2D eigenvalue weighted by molar-refractivity contribution is 0.193. The summed E-state index contributed by atoms with van der Waals surface area (Å²) in [6, 6.07) is -1.06. The minimum Gasteiger partial charge on any atom is -0.465 e. The molecule has 0 aliphatic rings. The molecule has 9 heavy (non-hydrogen) atoms. The standard InChI is InChI=1S/C2H4N2O3.C2H4/c3-1(5)4-2(6)7;1-2/h(H,6,7)(H3,3,4,5);1-2H2. The van der Waals surface area contributed by atoms with Crippen molar-refractivity contribution in [3.63, 3.8) is 0 Å². The minimum atomic E-state index is -1.44. The molecular weight excluding hydrogens is 124 g/mol. The van der Waals surface area contributed by atoms with E-state index in [4.69, 9.17) is 5.11 Å². The molecule has 0 rings (SSSR count). The molecule has 0 saturated carbocycles. The van der Waals surface area contributed by atoms with E-state index in [-0.39, 0.29) is 0 Å². The predicted molar refractivity (Wildman–Crippen MR) is 32.0 cm³/mol. The molecule has 0 atom stereocenters. The Bertz CT molecular complexity index is 100. The molecule has 0 aromatic rings. The van der Waals surface area contributed by atoms with Crippen LogP contribution in [-0.4, -0.2) is 17.2 Å². The fourth-order valence-corrected chi connectivity index (χ4v) is 0.105. The van der Waals surface area contributed by atoms with Gasteiger partial charge in [-0.05, 0) is 0 Å². The van der Waals surface area contributed by atoms with E-state index < -0.39 is 12.1 Å². The molecule has 5 heteroatoms. The normalized spacial score (nSPS) is 6.22. The summed E-state index contributed by atoms with van der Waals surface area (Å²) in [5.41, 5.74) is 4.36. The van der Waals surface area contributed by atoms with Crippen molar-refractivity contribution in [2.24, 2.45) is 5.73 Å². The summed E-state index contributed by atoms with van der Waals surface area (Å²) in [4.78, 5) is 18.9. The maximum Gasteiger partial charge on any atom is 0.412 e. The van der Waals surface area contributed by atoms with E-state index in [1.54, 1.807) is 0 Å². The maximum atomic E-state index is 9.54. The highest BCUT2D eigenvalue weighted by molar-refractivity contribution is 5.88. The number of imide groups is 1. The van der Waals surface area contributed by atoms with Crippen molar-refractivity contribution in [1.82, 2.24) is 5.32 Å². The lowest BCUT2D eigenvalue weighted by Crippen LogP contribution is -2.33. The van der Waals surface area contributed by atoms with Crippen LogP contribution in [0.2, 0.25) is 0 Å². The van der Waals surface area contributed by atoms with Gasteiger partial charge in [0.2, 0.25) is 0 Å². The van der Waals surface area contributed by atoms with Crippen LogP contribution in [-0.2, 0) is 0 Å². The fraction of sp³-hybridized carbons (Fsp3) is 0. The molecule has 4 N–H and O–H groups in total. The lowest BCUT2D eigenvalue weighted by atomic mass is 11.0. The quantitative estimate of drug-likeness (QED) is 0.409. The molecule has 0 fully saturated rings. The number of nitrogens with two attached hydrogens (primary N) is 1. The van der Waals surface area contributed by atoms with Gasteiger partial charge in [0.05, 0.1) is 0 Å². The molecule has 0 aliphatic heterocycles. The first kappa shape index (κ1) is 10.5. The van der Waals surface area contributed by atoms with Crippen LogP contribution in [0.3, 0.4) is 0 Å². The van der Waals surface area contributed by atoms with Crippen molar-refractivity contribution >= 4 is 12.1 Å². The topological polar surface area (TPSA) is 92.4 Å². The Labute approximate surface area is 52.2 Å². The average Bonchev–Trinajstić information content (AvgIpc) is 1.68. The van der Waals surface area contributed by atoms with Crippen LogP contribution < -0.4 is 11.1 Å². The maximum absolute atomic E-state index is 9.54. The van der Waals surface area contributed by atoms with Crippen LogP contribution in [0.1, 0.15) is 0 Å². The second kappa shape index (κ2) is 6.48. The van der Waals surface area contributed by atoms with Gasteiger partial charge in [-0.2, -0.15) is 0 Å². The molecule has 5 nitrogen and oxygen atoms in total. The third kappa shape index (κ3) is 21.1. The van der Waals surface area contributed by atoms with Crippen molar-refractivity contribution in [2.75, 3.05) is 0 Å². The van der Waals surface area contributed by atoms with E-state index in [1.807, 2.05) is 0 Å². The van der Waals surface area contributed by atoms with Crippen LogP contribution in [0.25, 0.3) is 0 Å². The molecule has 0 bridgehead atoms. The zero-order valence-corrected chi connectivity index (χ0v) is 4.76. The molecule has 0 radical (unpaired) electrons. The minimum absolute atomic E-state index is 1.06. The Morgan fingerprint density at radius 2 is 1.78 bits per heavy atom. The van der Waals surface area contributed by atoms with Gasteiger partial charge in [0.25, 0.3) is 0 Å². The first-order valence-electron chi connectivity index (χ1n) is 1.92. The molecule has 0 aromatic heterocycles. The second-order valence-corrected chi connectivity index (χ2v) is 0.794. The molecule has 0 aromatic carbocycles. The summed E-state index contributed by atoms with van der Waals surface area (Å²) in [6.07, 6.45) is -1.44. The summed E-state index contributed by atoms with van der Waals surface area (Å²) in [5.74, 6) is 0. The Balaban J connectivity index is 0. The number of rotatable bonds is 0. The number of carboxylic acid groups (broad SMARTS) is 1. The molecule has 0 unspecified atom stereocenters. The smallest absolute Gasteiger partial charge is 0.412 e. The Morgan fingerprint density at radius 3 is 1.78 bits per heavy atom. The summed E-state index contributed by atoms with van der Waals surface area (Å²) in [6.45, 7) is 6.00. The van der Waals surface area contributed by atoms with E-state index in [0.29, 0.717) is 0 Å². The Morgan fingerprint density at radius 1 is 1.44 bits per heavy atom. The molecule has 0 aliphatic carbocycles. The molecule has 0 spiro atoms. The predicted octanol–water partition coefficient (Wildman–Crippen LogP) is 0.135. The van der Waals surface area contributed by atoms with Crippen molar-refractivity contribution in [2.45, 2.75) is 0 Å². The summed E-state index contributed by atoms with van der Waals surface area (Å²) < 4.78 is 0. The fourth-order valence-electron chi connectivity index (χ4n) is 0.105. The molecule has 0 saturated heterocycles. The largest absolute Gasteiger partial charge is 0.465 e. The molecule has 3 amide bonds. The van der Waals surface area contributed by atoms with E-state index in [2.05, 4.69) is 18.9 Å². The van der Waals surface area contributed by atoms with Gasteiger partial charge >= 0.3 is 12.1 Å². The van der Waals surface area contributed by atoms with Gasteiger partial charge in [-0.1, -0.05) is 0 Å². The monoisotopic (exact) mass is 132 g/mol. The van der Waals surface area contributed by atoms with Gasteiger partial charge in [0.1, 0.15) is 0 Å². The van der Waals surface area contributed by atoms with E-state index >= 15 is 0 Å². The molecule has 0 heterocycles. The molecular formula is C4H8N2O3. The summed E-state index contributed by atoms with van der Waals surface area (Å²) >= 11 is 0. The molecule has 52 valence electrons. The highest BCUT2D eigenvalue weighted by atomic mass is 16.4. The van der Waals surface area contributed by atoms with Crippen LogP contribution in [0.5, 0.6) is 0 Å². The number of urea groups is 1. The number of primary amides is 1. The third-order valence-electron chi connectivity index (χ3n) is 0.230. The van der Waals surface area contributed by atoms with Gasteiger partial charge in [0.15, 0.2) is 0 Å². The second-order valence-electron chi connectivity index (χ2n) is 0.794. The van der Waals surface area contributed by atoms with E-state index in [1.165, 1.54) is 5.32 Å². The number of amides is 3. The zero-order chi connectivity index (χ0) is 7.86.